The highest BCUT2D eigenvalue weighted by atomic mass is 79.9. The lowest BCUT2D eigenvalue weighted by Gasteiger charge is -2.07. The summed E-state index contributed by atoms with van der Waals surface area (Å²) in [7, 11) is 0. The van der Waals surface area contributed by atoms with E-state index >= 15 is 0 Å². The summed E-state index contributed by atoms with van der Waals surface area (Å²) < 4.78 is 2.80. The van der Waals surface area contributed by atoms with E-state index < -0.39 is 0 Å². The zero-order valence-corrected chi connectivity index (χ0v) is 11.9. The van der Waals surface area contributed by atoms with Crippen molar-refractivity contribution in [3.8, 4) is 0 Å². The molecule has 1 N–H and O–H groups in total. The van der Waals surface area contributed by atoms with Crippen LogP contribution in [0.5, 0.6) is 0 Å². The first kappa shape index (κ1) is 13.2. The Morgan fingerprint density at radius 1 is 1.28 bits per heavy atom. The molecule has 0 aliphatic carbocycles. The summed E-state index contributed by atoms with van der Waals surface area (Å²) >= 11 is 9.21. The van der Waals surface area contributed by atoms with Gasteiger partial charge in [-0.05, 0) is 30.3 Å². The predicted molar refractivity (Wildman–Crippen MR) is 75.9 cm³/mol. The summed E-state index contributed by atoms with van der Waals surface area (Å²) in [6, 6.07) is 9.05. The fourth-order valence-electron chi connectivity index (χ4n) is 1.60. The quantitative estimate of drug-likeness (QED) is 0.918. The second kappa shape index (κ2) is 6.07. The molecule has 0 unspecified atom stereocenters. The predicted octanol–water partition coefficient (Wildman–Crippen LogP) is 3.33. The second-order valence-electron chi connectivity index (χ2n) is 3.83. The van der Waals surface area contributed by atoms with E-state index in [2.05, 4.69) is 21.2 Å². The van der Waals surface area contributed by atoms with Crippen LogP contribution in [0.1, 0.15) is 10.4 Å². The van der Waals surface area contributed by atoms with Crippen LogP contribution in [0.25, 0.3) is 0 Å². The normalized spacial score (nSPS) is 10.3. The molecule has 0 radical (unpaired) electrons. The van der Waals surface area contributed by atoms with Gasteiger partial charge in [-0.1, -0.05) is 27.5 Å². The van der Waals surface area contributed by atoms with Crippen LogP contribution in [0.4, 0.5) is 0 Å². The molecule has 0 spiro atoms. The maximum atomic E-state index is 11.9. The maximum Gasteiger partial charge on any atom is 0.251 e. The summed E-state index contributed by atoms with van der Waals surface area (Å²) in [5.74, 6) is -0.120. The number of hydrogen-bond acceptors (Lipinski definition) is 1. The number of carbonyl (C=O) groups is 1. The minimum Gasteiger partial charge on any atom is -0.353 e. The molecule has 1 aromatic heterocycles. The van der Waals surface area contributed by atoms with Gasteiger partial charge in [0.1, 0.15) is 0 Å². The second-order valence-corrected chi connectivity index (χ2v) is 5.19. The molecule has 0 aliphatic rings. The highest BCUT2D eigenvalue weighted by molar-refractivity contribution is 9.10. The van der Waals surface area contributed by atoms with Gasteiger partial charge in [0.05, 0.1) is 0 Å². The van der Waals surface area contributed by atoms with Crippen LogP contribution in [-0.2, 0) is 6.54 Å². The van der Waals surface area contributed by atoms with Crippen LogP contribution in [0.15, 0.2) is 47.2 Å². The fraction of sp³-hybridized carbons (Fsp3) is 0.154. The first-order valence-electron chi connectivity index (χ1n) is 5.50. The van der Waals surface area contributed by atoms with Crippen molar-refractivity contribution >= 4 is 33.4 Å². The number of amides is 1. The Morgan fingerprint density at radius 3 is 2.67 bits per heavy atom. The van der Waals surface area contributed by atoms with E-state index in [1.807, 2.05) is 29.1 Å². The zero-order chi connectivity index (χ0) is 13.0. The lowest BCUT2D eigenvalue weighted by molar-refractivity contribution is 0.0952. The van der Waals surface area contributed by atoms with Gasteiger partial charge in [0.2, 0.25) is 0 Å². The van der Waals surface area contributed by atoms with Gasteiger partial charge in [-0.25, -0.2) is 0 Å². The molecule has 0 saturated heterocycles. The number of carbonyl (C=O) groups excluding carboxylic acids is 1. The average Bonchev–Trinajstić information content (AvgIpc) is 2.80. The minimum absolute atomic E-state index is 0.120. The number of halogens is 2. The summed E-state index contributed by atoms with van der Waals surface area (Å²) in [5, 5.41) is 3.39. The molecule has 1 amide bonds. The van der Waals surface area contributed by atoms with Crippen molar-refractivity contribution in [1.29, 1.82) is 0 Å². The topological polar surface area (TPSA) is 34.0 Å². The molecule has 0 fully saturated rings. The standard InChI is InChI=1S/C13H12BrClN2O/c14-11-7-10(8-12(15)9-11)13(18)16-3-6-17-4-1-2-5-17/h1-2,4-5,7-9H,3,6H2,(H,16,18). The molecule has 0 saturated carbocycles. The van der Waals surface area contributed by atoms with Gasteiger partial charge in [0.25, 0.3) is 5.91 Å². The third-order valence-corrected chi connectivity index (χ3v) is 3.12. The molecule has 0 atom stereocenters. The molecular formula is C13H12BrClN2O. The van der Waals surface area contributed by atoms with Gasteiger partial charge < -0.3 is 9.88 Å². The van der Waals surface area contributed by atoms with Gasteiger partial charge in [0, 0.05) is 40.5 Å². The lowest BCUT2D eigenvalue weighted by Crippen LogP contribution is -2.26. The average molecular weight is 328 g/mol. The number of hydrogen-bond donors (Lipinski definition) is 1. The third kappa shape index (κ3) is 3.62. The molecular weight excluding hydrogens is 316 g/mol. The van der Waals surface area contributed by atoms with Gasteiger partial charge in [-0.2, -0.15) is 0 Å². The Labute approximate surface area is 119 Å². The lowest BCUT2D eigenvalue weighted by atomic mass is 10.2. The van der Waals surface area contributed by atoms with Gasteiger partial charge >= 0.3 is 0 Å². The smallest absolute Gasteiger partial charge is 0.251 e. The number of nitrogens with one attached hydrogen (secondary N) is 1. The van der Waals surface area contributed by atoms with Crippen LogP contribution in [0.3, 0.4) is 0 Å². The molecule has 3 nitrogen and oxygen atoms in total. The molecule has 94 valence electrons. The molecule has 5 heteroatoms. The Bertz CT molecular complexity index is 520. The van der Waals surface area contributed by atoms with Crippen LogP contribution in [0, 0.1) is 0 Å². The summed E-state index contributed by atoms with van der Waals surface area (Å²) in [6.07, 6.45) is 3.92. The van der Waals surface area contributed by atoms with E-state index in [0.717, 1.165) is 11.0 Å². The Hall–Kier alpha value is -1.26. The van der Waals surface area contributed by atoms with Crippen LogP contribution in [-0.4, -0.2) is 17.0 Å². The van der Waals surface area contributed by atoms with Crippen LogP contribution < -0.4 is 5.32 Å². The molecule has 0 aliphatic heterocycles. The van der Waals surface area contributed by atoms with E-state index in [0.29, 0.717) is 17.1 Å². The minimum atomic E-state index is -0.120. The van der Waals surface area contributed by atoms with Crippen molar-refractivity contribution in [2.24, 2.45) is 0 Å². The summed E-state index contributed by atoms with van der Waals surface area (Å²) in [4.78, 5) is 11.9. The first-order chi connectivity index (χ1) is 8.65. The van der Waals surface area contributed by atoms with Crippen molar-refractivity contribution in [1.82, 2.24) is 9.88 Å². The van der Waals surface area contributed by atoms with Crippen molar-refractivity contribution in [2.45, 2.75) is 6.54 Å². The Morgan fingerprint density at radius 2 is 2.00 bits per heavy atom. The van der Waals surface area contributed by atoms with Crippen LogP contribution >= 0.6 is 27.5 Å². The molecule has 2 aromatic rings. The van der Waals surface area contributed by atoms with E-state index in [-0.39, 0.29) is 5.91 Å². The monoisotopic (exact) mass is 326 g/mol. The number of nitrogens with zero attached hydrogens (tertiary/aromatic N) is 1. The molecule has 0 bridgehead atoms. The molecule has 2 rings (SSSR count). The number of rotatable bonds is 4. The van der Waals surface area contributed by atoms with Crippen molar-refractivity contribution in [2.75, 3.05) is 6.54 Å². The van der Waals surface area contributed by atoms with Crippen molar-refractivity contribution in [3.05, 3.63) is 57.8 Å². The first-order valence-corrected chi connectivity index (χ1v) is 6.67. The van der Waals surface area contributed by atoms with Gasteiger partial charge in [-0.3, -0.25) is 4.79 Å². The number of benzene rings is 1. The van der Waals surface area contributed by atoms with Crippen LogP contribution in [0.2, 0.25) is 5.02 Å². The van der Waals surface area contributed by atoms with Crippen molar-refractivity contribution in [3.63, 3.8) is 0 Å². The number of aromatic nitrogens is 1. The molecule has 18 heavy (non-hydrogen) atoms. The maximum absolute atomic E-state index is 11.9. The Kier molecular flexibility index (Phi) is 4.44. The SMILES string of the molecule is O=C(NCCn1cccc1)c1cc(Cl)cc(Br)c1. The third-order valence-electron chi connectivity index (χ3n) is 2.45. The molecule has 1 heterocycles. The highest BCUT2D eigenvalue weighted by Crippen LogP contribution is 2.19. The largest absolute Gasteiger partial charge is 0.353 e. The zero-order valence-electron chi connectivity index (χ0n) is 9.57. The Balaban J connectivity index is 1.91. The van der Waals surface area contributed by atoms with Gasteiger partial charge in [-0.15, -0.1) is 0 Å². The van der Waals surface area contributed by atoms with E-state index in [4.69, 9.17) is 11.6 Å². The summed E-state index contributed by atoms with van der Waals surface area (Å²) in [5.41, 5.74) is 0.557. The van der Waals surface area contributed by atoms with E-state index in [9.17, 15) is 4.79 Å². The summed E-state index contributed by atoms with van der Waals surface area (Å²) in [6.45, 7) is 1.33. The van der Waals surface area contributed by atoms with E-state index in [1.165, 1.54) is 0 Å². The van der Waals surface area contributed by atoms with E-state index in [1.54, 1.807) is 18.2 Å². The van der Waals surface area contributed by atoms with Gasteiger partial charge in [0.15, 0.2) is 0 Å². The van der Waals surface area contributed by atoms with Crippen molar-refractivity contribution < 1.29 is 4.79 Å². The highest BCUT2D eigenvalue weighted by Gasteiger charge is 2.06. The molecule has 1 aromatic carbocycles. The fourth-order valence-corrected chi connectivity index (χ4v) is 2.46.